The molecule has 0 bridgehead atoms. The molecule has 9 aromatic carbocycles. The summed E-state index contributed by atoms with van der Waals surface area (Å²) in [4.78, 5) is 20.3. The molecule has 12 aromatic rings. The summed E-state index contributed by atoms with van der Waals surface area (Å²) in [5.74, 6) is 2.38. The Morgan fingerprint density at radius 2 is 0.768 bits per heavy atom. The van der Waals surface area contributed by atoms with Gasteiger partial charge >= 0.3 is 0 Å². The van der Waals surface area contributed by atoms with Gasteiger partial charge < -0.3 is 8.83 Å². The average molecular weight is 717 g/mol. The fourth-order valence-corrected chi connectivity index (χ4v) is 8.06. The van der Waals surface area contributed by atoms with Crippen LogP contribution in [0.1, 0.15) is 0 Å². The molecule has 12 rings (SSSR count). The maximum Gasteiger partial charge on any atom is 0.227 e. The van der Waals surface area contributed by atoms with E-state index >= 15 is 0 Å². The molecule has 6 nitrogen and oxygen atoms in total. The Bertz CT molecular complexity index is 3470. The standard InChI is InChI=1S/C50H28N4O2/c1-4-10-33-25-36(17-13-29(33)7-1)47-52-48(37-18-14-30-8-2-5-11-34(30)26-37)54-49(53-47)38-19-16-32-21-23-42-44(40(32)28-38)45-43(55-42)24-22-41-46(45)56-50(51-41)39-20-15-31-9-3-6-12-35(31)27-39/h1-28H. The van der Waals surface area contributed by atoms with Crippen LogP contribution in [0, 0.1) is 0 Å². The molecule has 0 aliphatic rings. The third-order valence-corrected chi connectivity index (χ3v) is 10.9. The van der Waals surface area contributed by atoms with Crippen molar-refractivity contribution in [3.8, 4) is 45.6 Å². The molecule has 260 valence electrons. The molecule has 0 amide bonds. The third kappa shape index (κ3) is 4.90. The van der Waals surface area contributed by atoms with Crippen LogP contribution >= 0.6 is 0 Å². The third-order valence-electron chi connectivity index (χ3n) is 10.9. The quantitative estimate of drug-likeness (QED) is 0.180. The van der Waals surface area contributed by atoms with Crippen LogP contribution in [-0.2, 0) is 0 Å². The van der Waals surface area contributed by atoms with Gasteiger partial charge in [-0.2, -0.15) is 0 Å². The van der Waals surface area contributed by atoms with Gasteiger partial charge in [0, 0.05) is 27.6 Å². The molecule has 6 heteroatoms. The van der Waals surface area contributed by atoms with Gasteiger partial charge in [-0.3, -0.25) is 0 Å². The Morgan fingerprint density at radius 1 is 0.321 bits per heavy atom. The first-order valence-electron chi connectivity index (χ1n) is 18.6. The van der Waals surface area contributed by atoms with Crippen molar-refractivity contribution in [1.29, 1.82) is 0 Å². The van der Waals surface area contributed by atoms with Crippen LogP contribution < -0.4 is 0 Å². The van der Waals surface area contributed by atoms with Gasteiger partial charge in [0.2, 0.25) is 5.89 Å². The zero-order valence-electron chi connectivity index (χ0n) is 29.8. The number of furan rings is 1. The van der Waals surface area contributed by atoms with Gasteiger partial charge in [-0.25, -0.2) is 19.9 Å². The highest BCUT2D eigenvalue weighted by atomic mass is 16.4. The zero-order valence-corrected chi connectivity index (χ0v) is 29.8. The van der Waals surface area contributed by atoms with E-state index in [0.717, 1.165) is 87.4 Å². The number of aromatic nitrogens is 4. The largest absolute Gasteiger partial charge is 0.456 e. The van der Waals surface area contributed by atoms with Crippen molar-refractivity contribution in [2.24, 2.45) is 0 Å². The lowest BCUT2D eigenvalue weighted by atomic mass is 10.0. The number of benzene rings is 9. The van der Waals surface area contributed by atoms with E-state index in [1.165, 1.54) is 5.39 Å². The van der Waals surface area contributed by atoms with Crippen LogP contribution in [0.25, 0.3) is 122 Å². The van der Waals surface area contributed by atoms with Gasteiger partial charge in [-0.15, -0.1) is 0 Å². The molecule has 0 unspecified atom stereocenters. The first-order chi connectivity index (χ1) is 27.7. The lowest BCUT2D eigenvalue weighted by Crippen LogP contribution is -2.00. The van der Waals surface area contributed by atoms with Gasteiger partial charge in [-0.1, -0.05) is 121 Å². The van der Waals surface area contributed by atoms with Crippen LogP contribution in [0.15, 0.2) is 179 Å². The topological polar surface area (TPSA) is 77.8 Å². The van der Waals surface area contributed by atoms with Crippen LogP contribution in [-0.4, -0.2) is 19.9 Å². The highest BCUT2D eigenvalue weighted by molar-refractivity contribution is 6.25. The van der Waals surface area contributed by atoms with Crippen molar-refractivity contribution in [2.75, 3.05) is 0 Å². The minimum atomic E-state index is 0.571. The minimum Gasteiger partial charge on any atom is -0.456 e. The molecule has 0 saturated carbocycles. The van der Waals surface area contributed by atoms with Crippen molar-refractivity contribution < 1.29 is 8.83 Å². The summed E-state index contributed by atoms with van der Waals surface area (Å²) < 4.78 is 13.1. The van der Waals surface area contributed by atoms with E-state index in [1.807, 2.05) is 30.3 Å². The first kappa shape index (κ1) is 30.7. The maximum atomic E-state index is 6.63. The smallest absolute Gasteiger partial charge is 0.227 e. The fraction of sp³-hybridized carbons (Fsp3) is 0. The number of rotatable bonds is 4. The maximum absolute atomic E-state index is 6.63. The molecule has 3 aromatic heterocycles. The molecule has 0 atom stereocenters. The molecule has 56 heavy (non-hydrogen) atoms. The van der Waals surface area contributed by atoms with E-state index in [4.69, 9.17) is 28.8 Å². The summed E-state index contributed by atoms with van der Waals surface area (Å²) in [6, 6.07) is 58.4. The van der Waals surface area contributed by atoms with Gasteiger partial charge in [0.1, 0.15) is 16.7 Å². The van der Waals surface area contributed by atoms with E-state index in [9.17, 15) is 0 Å². The van der Waals surface area contributed by atoms with Crippen LogP contribution in [0.4, 0.5) is 0 Å². The zero-order chi connectivity index (χ0) is 36.7. The highest BCUT2D eigenvalue weighted by Crippen LogP contribution is 2.41. The second kappa shape index (κ2) is 11.9. The van der Waals surface area contributed by atoms with Gasteiger partial charge in [-0.05, 0) is 91.6 Å². The number of oxazole rings is 1. The molecule has 0 aliphatic heterocycles. The molecular formula is C50H28N4O2. The van der Waals surface area contributed by atoms with E-state index in [2.05, 4.69) is 140 Å². The molecule has 3 heterocycles. The lowest BCUT2D eigenvalue weighted by Gasteiger charge is -2.10. The molecule has 0 radical (unpaired) electrons. The Balaban J connectivity index is 1.06. The Kier molecular flexibility index (Phi) is 6.53. The number of hydrogen-bond donors (Lipinski definition) is 0. The highest BCUT2D eigenvalue weighted by Gasteiger charge is 2.20. The van der Waals surface area contributed by atoms with Crippen molar-refractivity contribution in [2.45, 2.75) is 0 Å². The van der Waals surface area contributed by atoms with E-state index in [1.54, 1.807) is 0 Å². The molecule has 0 aliphatic carbocycles. The summed E-state index contributed by atoms with van der Waals surface area (Å²) in [7, 11) is 0. The molecule has 0 saturated heterocycles. The second-order valence-corrected chi connectivity index (χ2v) is 14.3. The monoisotopic (exact) mass is 716 g/mol. The predicted octanol–water partition coefficient (Wildman–Crippen LogP) is 13.2. The molecule has 0 spiro atoms. The molecular weight excluding hydrogens is 689 g/mol. The summed E-state index contributed by atoms with van der Waals surface area (Å²) >= 11 is 0. The SMILES string of the molecule is c1ccc2cc(-c3nc(-c4ccc5ccccc5c4)nc(-c4ccc5ccc6oc7ccc8nc(-c9ccc%10ccccc%10c9)oc8c7c6c5c4)n3)ccc2c1. The van der Waals surface area contributed by atoms with Crippen LogP contribution in [0.5, 0.6) is 0 Å². The van der Waals surface area contributed by atoms with E-state index < -0.39 is 0 Å². The van der Waals surface area contributed by atoms with Gasteiger partial charge in [0.15, 0.2) is 23.1 Å². The van der Waals surface area contributed by atoms with Crippen LogP contribution in [0.2, 0.25) is 0 Å². The van der Waals surface area contributed by atoms with E-state index in [0.29, 0.717) is 28.9 Å². The summed E-state index contributed by atoms with van der Waals surface area (Å²) in [6.07, 6.45) is 0. The Labute approximate surface area is 319 Å². The van der Waals surface area contributed by atoms with Crippen molar-refractivity contribution >= 4 is 76.1 Å². The number of hydrogen-bond acceptors (Lipinski definition) is 6. The van der Waals surface area contributed by atoms with Crippen molar-refractivity contribution in [3.05, 3.63) is 170 Å². The second-order valence-electron chi connectivity index (χ2n) is 14.3. The fourth-order valence-electron chi connectivity index (χ4n) is 8.06. The van der Waals surface area contributed by atoms with Crippen molar-refractivity contribution in [1.82, 2.24) is 19.9 Å². The van der Waals surface area contributed by atoms with E-state index in [-0.39, 0.29) is 0 Å². The Morgan fingerprint density at radius 3 is 1.36 bits per heavy atom. The average Bonchev–Trinajstić information content (AvgIpc) is 3.88. The lowest BCUT2D eigenvalue weighted by molar-refractivity contribution is 0.622. The van der Waals surface area contributed by atoms with Gasteiger partial charge in [0.25, 0.3) is 0 Å². The molecule has 0 N–H and O–H groups in total. The minimum absolute atomic E-state index is 0.571. The molecule has 0 fully saturated rings. The summed E-state index contributed by atoms with van der Waals surface area (Å²) in [5, 5.41) is 10.8. The van der Waals surface area contributed by atoms with Gasteiger partial charge in [0.05, 0.1) is 5.39 Å². The first-order valence-corrected chi connectivity index (χ1v) is 18.6. The number of fused-ring (bicyclic) bond motifs is 10. The van der Waals surface area contributed by atoms with Crippen molar-refractivity contribution in [3.63, 3.8) is 0 Å². The summed E-state index contributed by atoms with van der Waals surface area (Å²) in [6.45, 7) is 0. The summed E-state index contributed by atoms with van der Waals surface area (Å²) in [5.41, 5.74) is 6.61. The van der Waals surface area contributed by atoms with Crippen LogP contribution in [0.3, 0.4) is 0 Å². The number of nitrogens with zero attached hydrogens (tertiary/aromatic N) is 4. The normalized spacial score (nSPS) is 11.9. The Hall–Kier alpha value is -7.70. The predicted molar refractivity (Wildman–Crippen MR) is 226 cm³/mol.